The molecule has 0 saturated carbocycles. The van der Waals surface area contributed by atoms with E-state index in [0.717, 1.165) is 16.7 Å². The standard InChI is InChI=1S/C17H19NO3S/c1-4-18-16(19)12(3)21-17(20)15-14(9-10-22-15)13-7-5-11(2)6-8-13/h5-10,12H,4H2,1-3H3,(H,18,19)/t12-/m0/s1. The van der Waals surface area contributed by atoms with Crippen molar-refractivity contribution in [2.45, 2.75) is 26.9 Å². The van der Waals surface area contributed by atoms with Crippen molar-refractivity contribution in [3.63, 3.8) is 0 Å². The first kappa shape index (κ1) is 16.2. The molecule has 0 aliphatic carbocycles. The van der Waals surface area contributed by atoms with Gasteiger partial charge in [-0.3, -0.25) is 4.79 Å². The lowest BCUT2D eigenvalue weighted by Crippen LogP contribution is -2.35. The zero-order valence-corrected chi connectivity index (χ0v) is 13.7. The van der Waals surface area contributed by atoms with Gasteiger partial charge in [-0.25, -0.2) is 4.79 Å². The van der Waals surface area contributed by atoms with Gasteiger partial charge in [-0.2, -0.15) is 0 Å². The van der Waals surface area contributed by atoms with Gasteiger partial charge in [0.05, 0.1) is 0 Å². The summed E-state index contributed by atoms with van der Waals surface area (Å²) in [6.07, 6.45) is -0.805. The average Bonchev–Trinajstić information content (AvgIpc) is 2.97. The Morgan fingerprint density at radius 3 is 2.55 bits per heavy atom. The second-order valence-electron chi connectivity index (χ2n) is 4.97. The Balaban J connectivity index is 2.16. The summed E-state index contributed by atoms with van der Waals surface area (Å²) in [5.74, 6) is -0.756. The van der Waals surface area contributed by atoms with E-state index < -0.39 is 12.1 Å². The van der Waals surface area contributed by atoms with Crippen molar-refractivity contribution >= 4 is 23.2 Å². The molecule has 22 heavy (non-hydrogen) atoms. The lowest BCUT2D eigenvalue weighted by Gasteiger charge is -2.12. The molecule has 0 radical (unpaired) electrons. The van der Waals surface area contributed by atoms with Crippen molar-refractivity contribution in [3.8, 4) is 11.1 Å². The highest BCUT2D eigenvalue weighted by atomic mass is 32.1. The zero-order chi connectivity index (χ0) is 16.1. The Bertz CT molecular complexity index is 661. The highest BCUT2D eigenvalue weighted by Gasteiger charge is 2.21. The van der Waals surface area contributed by atoms with E-state index in [1.165, 1.54) is 11.3 Å². The van der Waals surface area contributed by atoms with Gasteiger partial charge in [0.15, 0.2) is 6.10 Å². The summed E-state index contributed by atoms with van der Waals surface area (Å²) in [7, 11) is 0. The topological polar surface area (TPSA) is 55.4 Å². The fraction of sp³-hybridized carbons (Fsp3) is 0.294. The van der Waals surface area contributed by atoms with Crippen LogP contribution in [0.1, 0.15) is 29.1 Å². The number of carbonyl (C=O) groups is 2. The first-order valence-electron chi connectivity index (χ1n) is 7.16. The molecule has 116 valence electrons. The summed E-state index contributed by atoms with van der Waals surface area (Å²) in [4.78, 5) is 24.5. The molecule has 0 bridgehead atoms. The number of hydrogen-bond acceptors (Lipinski definition) is 4. The molecule has 1 heterocycles. The summed E-state index contributed by atoms with van der Waals surface area (Å²) in [6.45, 7) is 5.91. The minimum absolute atomic E-state index is 0.288. The van der Waals surface area contributed by atoms with Gasteiger partial charge in [-0.15, -0.1) is 11.3 Å². The van der Waals surface area contributed by atoms with Crippen LogP contribution in [0.15, 0.2) is 35.7 Å². The Hall–Kier alpha value is -2.14. The quantitative estimate of drug-likeness (QED) is 0.860. The first-order valence-corrected chi connectivity index (χ1v) is 8.04. The highest BCUT2D eigenvalue weighted by molar-refractivity contribution is 7.12. The van der Waals surface area contributed by atoms with Gasteiger partial charge in [0.2, 0.25) is 0 Å². The van der Waals surface area contributed by atoms with Crippen molar-refractivity contribution in [2.24, 2.45) is 0 Å². The van der Waals surface area contributed by atoms with Gasteiger partial charge in [0, 0.05) is 12.1 Å². The number of benzene rings is 1. The number of likely N-dealkylation sites (N-methyl/N-ethyl adjacent to an activating group) is 1. The molecule has 1 amide bonds. The third-order valence-electron chi connectivity index (χ3n) is 3.22. The molecule has 0 aliphatic rings. The van der Waals surface area contributed by atoms with E-state index in [4.69, 9.17) is 4.74 Å². The van der Waals surface area contributed by atoms with Gasteiger partial charge >= 0.3 is 5.97 Å². The number of thiophene rings is 1. The van der Waals surface area contributed by atoms with Crippen LogP contribution in [0.3, 0.4) is 0 Å². The van der Waals surface area contributed by atoms with E-state index in [0.29, 0.717) is 11.4 Å². The van der Waals surface area contributed by atoms with Crippen LogP contribution in [-0.2, 0) is 9.53 Å². The van der Waals surface area contributed by atoms with E-state index >= 15 is 0 Å². The molecule has 1 aromatic heterocycles. The summed E-state index contributed by atoms with van der Waals surface area (Å²) in [6, 6.07) is 9.84. The van der Waals surface area contributed by atoms with Crippen LogP contribution in [-0.4, -0.2) is 24.5 Å². The summed E-state index contributed by atoms with van der Waals surface area (Å²) in [5, 5.41) is 4.49. The predicted molar refractivity (Wildman–Crippen MR) is 88.1 cm³/mol. The molecule has 5 heteroatoms. The lowest BCUT2D eigenvalue weighted by atomic mass is 10.1. The molecule has 0 saturated heterocycles. The number of rotatable bonds is 5. The number of aryl methyl sites for hydroxylation is 1. The second kappa shape index (κ2) is 7.22. The van der Waals surface area contributed by atoms with E-state index in [2.05, 4.69) is 5.32 Å². The number of hydrogen-bond donors (Lipinski definition) is 1. The maximum atomic E-state index is 12.3. The smallest absolute Gasteiger partial charge is 0.349 e. The predicted octanol–water partition coefficient (Wildman–Crippen LogP) is 3.40. The number of amides is 1. The number of carbonyl (C=O) groups excluding carboxylic acids is 2. The van der Waals surface area contributed by atoms with Crippen molar-refractivity contribution in [3.05, 3.63) is 46.2 Å². The number of esters is 1. The molecule has 0 fully saturated rings. The van der Waals surface area contributed by atoms with Gasteiger partial charge in [-0.05, 0) is 37.8 Å². The molecule has 0 spiro atoms. The molecule has 1 atom stereocenters. The third-order valence-corrected chi connectivity index (χ3v) is 4.11. The monoisotopic (exact) mass is 317 g/mol. The molecule has 0 unspecified atom stereocenters. The van der Waals surface area contributed by atoms with Crippen molar-refractivity contribution < 1.29 is 14.3 Å². The van der Waals surface area contributed by atoms with Crippen molar-refractivity contribution in [2.75, 3.05) is 6.54 Å². The van der Waals surface area contributed by atoms with Crippen LogP contribution in [0, 0.1) is 6.92 Å². The Labute approximate surface area is 134 Å². The number of nitrogens with one attached hydrogen (secondary N) is 1. The fourth-order valence-corrected chi connectivity index (χ4v) is 2.81. The fourth-order valence-electron chi connectivity index (χ4n) is 2.01. The summed E-state index contributed by atoms with van der Waals surface area (Å²) >= 11 is 1.32. The first-order chi connectivity index (χ1) is 10.5. The molecular weight excluding hydrogens is 298 g/mol. The Morgan fingerprint density at radius 2 is 1.91 bits per heavy atom. The Kier molecular flexibility index (Phi) is 5.33. The van der Waals surface area contributed by atoms with Crippen LogP contribution in [0.2, 0.25) is 0 Å². The van der Waals surface area contributed by atoms with Crippen molar-refractivity contribution in [1.29, 1.82) is 0 Å². The van der Waals surface area contributed by atoms with E-state index in [1.807, 2.05) is 49.6 Å². The Morgan fingerprint density at radius 1 is 1.23 bits per heavy atom. The molecule has 2 rings (SSSR count). The van der Waals surface area contributed by atoms with Crippen LogP contribution in [0.5, 0.6) is 0 Å². The maximum Gasteiger partial charge on any atom is 0.349 e. The van der Waals surface area contributed by atoms with Gasteiger partial charge in [0.1, 0.15) is 4.88 Å². The zero-order valence-electron chi connectivity index (χ0n) is 12.9. The molecular formula is C17H19NO3S. The largest absolute Gasteiger partial charge is 0.448 e. The van der Waals surface area contributed by atoms with Gasteiger partial charge in [0.25, 0.3) is 5.91 Å². The highest BCUT2D eigenvalue weighted by Crippen LogP contribution is 2.29. The summed E-state index contributed by atoms with van der Waals surface area (Å²) in [5.41, 5.74) is 2.95. The minimum Gasteiger partial charge on any atom is -0.448 e. The van der Waals surface area contributed by atoms with E-state index in [1.54, 1.807) is 6.92 Å². The molecule has 1 N–H and O–H groups in total. The third kappa shape index (κ3) is 3.74. The SMILES string of the molecule is CCNC(=O)[C@H](C)OC(=O)c1sccc1-c1ccc(C)cc1. The molecule has 2 aromatic rings. The normalized spacial score (nSPS) is 11.8. The van der Waals surface area contributed by atoms with Gasteiger partial charge in [-0.1, -0.05) is 29.8 Å². The molecule has 4 nitrogen and oxygen atoms in total. The average molecular weight is 317 g/mol. The lowest BCUT2D eigenvalue weighted by molar-refractivity contribution is -0.128. The van der Waals surface area contributed by atoms with Crippen LogP contribution in [0.4, 0.5) is 0 Å². The number of ether oxygens (including phenoxy) is 1. The van der Waals surface area contributed by atoms with Crippen molar-refractivity contribution in [1.82, 2.24) is 5.32 Å². The minimum atomic E-state index is -0.805. The molecule has 1 aromatic carbocycles. The summed E-state index contributed by atoms with van der Waals surface area (Å²) < 4.78 is 5.25. The van der Waals surface area contributed by atoms with Crippen LogP contribution in [0.25, 0.3) is 11.1 Å². The van der Waals surface area contributed by atoms with Crippen LogP contribution < -0.4 is 5.32 Å². The van der Waals surface area contributed by atoms with E-state index in [-0.39, 0.29) is 5.91 Å². The second-order valence-corrected chi connectivity index (χ2v) is 5.89. The van der Waals surface area contributed by atoms with Gasteiger partial charge < -0.3 is 10.1 Å². The van der Waals surface area contributed by atoms with Crippen LogP contribution >= 0.6 is 11.3 Å². The molecule has 0 aliphatic heterocycles. The maximum absolute atomic E-state index is 12.3. The van der Waals surface area contributed by atoms with E-state index in [9.17, 15) is 9.59 Å².